The van der Waals surface area contributed by atoms with E-state index in [2.05, 4.69) is 15.3 Å². The summed E-state index contributed by atoms with van der Waals surface area (Å²) in [6.07, 6.45) is 8.82. The van der Waals surface area contributed by atoms with E-state index in [9.17, 15) is 0 Å². The molecule has 0 aliphatic heterocycles. The van der Waals surface area contributed by atoms with Crippen LogP contribution in [0.1, 0.15) is 0 Å². The minimum atomic E-state index is 0.737. The van der Waals surface area contributed by atoms with E-state index >= 15 is 0 Å². The average Bonchev–Trinajstić information content (AvgIpc) is 3.29. The summed E-state index contributed by atoms with van der Waals surface area (Å²) in [6, 6.07) is 15.5. The summed E-state index contributed by atoms with van der Waals surface area (Å²) in [5, 5.41) is 7.80. The predicted molar refractivity (Wildman–Crippen MR) is 85.0 cm³/mol. The van der Waals surface area contributed by atoms with Gasteiger partial charge < -0.3 is 9.30 Å². The van der Waals surface area contributed by atoms with E-state index in [-0.39, 0.29) is 0 Å². The van der Waals surface area contributed by atoms with E-state index in [4.69, 9.17) is 4.74 Å². The molecule has 2 heterocycles. The number of hydrogen-bond donors (Lipinski definition) is 0. The molecule has 0 N–H and O–H groups in total. The number of rotatable bonds is 4. The zero-order chi connectivity index (χ0) is 15.5. The van der Waals surface area contributed by atoms with Crippen LogP contribution in [0.5, 0.6) is 11.5 Å². The van der Waals surface area contributed by atoms with Crippen molar-refractivity contribution >= 4 is 0 Å². The van der Waals surface area contributed by atoms with Gasteiger partial charge in [-0.2, -0.15) is 0 Å². The van der Waals surface area contributed by atoms with Crippen LogP contribution in [0.2, 0.25) is 0 Å². The minimum absolute atomic E-state index is 0.737. The Morgan fingerprint density at radius 1 is 0.826 bits per heavy atom. The Morgan fingerprint density at radius 3 is 2.30 bits per heavy atom. The fourth-order valence-electron chi connectivity index (χ4n) is 2.29. The zero-order valence-electron chi connectivity index (χ0n) is 12.1. The largest absolute Gasteiger partial charge is 0.457 e. The lowest BCUT2D eigenvalue weighted by molar-refractivity contribution is 0.482. The maximum Gasteiger partial charge on any atom is 0.129 e. The second-order valence-electron chi connectivity index (χ2n) is 4.91. The number of aromatic nitrogens is 5. The minimum Gasteiger partial charge on any atom is -0.457 e. The molecule has 2 aromatic heterocycles. The molecule has 0 fully saturated rings. The highest BCUT2D eigenvalue weighted by atomic mass is 16.5. The van der Waals surface area contributed by atoms with E-state index in [1.165, 1.54) is 0 Å². The summed E-state index contributed by atoms with van der Waals surface area (Å²) < 4.78 is 9.58. The molecular weight excluding hydrogens is 290 g/mol. The van der Waals surface area contributed by atoms with Crippen molar-refractivity contribution in [3.63, 3.8) is 0 Å². The topological polar surface area (TPSA) is 57.8 Å². The number of benzene rings is 2. The van der Waals surface area contributed by atoms with Gasteiger partial charge in [0.2, 0.25) is 0 Å². The lowest BCUT2D eigenvalue weighted by Crippen LogP contribution is -1.95. The van der Waals surface area contributed by atoms with Crippen LogP contribution < -0.4 is 4.74 Å². The van der Waals surface area contributed by atoms with Crippen LogP contribution in [0.3, 0.4) is 0 Å². The van der Waals surface area contributed by atoms with E-state index in [0.717, 1.165) is 22.9 Å². The van der Waals surface area contributed by atoms with Crippen molar-refractivity contribution in [3.8, 4) is 22.9 Å². The van der Waals surface area contributed by atoms with Gasteiger partial charge in [-0.05, 0) is 24.3 Å². The van der Waals surface area contributed by atoms with Crippen LogP contribution >= 0.6 is 0 Å². The third-order valence-corrected chi connectivity index (χ3v) is 3.36. The van der Waals surface area contributed by atoms with Gasteiger partial charge in [0.15, 0.2) is 0 Å². The highest BCUT2D eigenvalue weighted by Gasteiger charge is 2.03. The fourth-order valence-corrected chi connectivity index (χ4v) is 2.29. The molecule has 0 bridgehead atoms. The van der Waals surface area contributed by atoms with Gasteiger partial charge >= 0.3 is 0 Å². The van der Waals surface area contributed by atoms with Gasteiger partial charge in [0.1, 0.15) is 11.5 Å². The second-order valence-corrected chi connectivity index (χ2v) is 4.91. The van der Waals surface area contributed by atoms with Gasteiger partial charge in [-0.3, -0.25) is 0 Å². The Hall–Kier alpha value is -3.41. The van der Waals surface area contributed by atoms with Crippen molar-refractivity contribution in [1.82, 2.24) is 24.5 Å². The van der Waals surface area contributed by atoms with Crippen molar-refractivity contribution in [1.29, 1.82) is 0 Å². The first-order valence-corrected chi connectivity index (χ1v) is 7.11. The maximum absolute atomic E-state index is 5.96. The van der Waals surface area contributed by atoms with Gasteiger partial charge in [0.25, 0.3) is 0 Å². The van der Waals surface area contributed by atoms with E-state index in [1.54, 1.807) is 29.6 Å². The van der Waals surface area contributed by atoms with Gasteiger partial charge in [-0.25, -0.2) is 9.67 Å². The van der Waals surface area contributed by atoms with Gasteiger partial charge in [0.05, 0.1) is 30.1 Å². The molecule has 0 aliphatic rings. The summed E-state index contributed by atoms with van der Waals surface area (Å²) in [7, 11) is 0. The molecule has 0 saturated carbocycles. The molecule has 6 heteroatoms. The quantitative estimate of drug-likeness (QED) is 0.580. The van der Waals surface area contributed by atoms with Crippen LogP contribution in [-0.4, -0.2) is 24.5 Å². The van der Waals surface area contributed by atoms with Crippen LogP contribution in [0.25, 0.3) is 11.4 Å². The number of imidazole rings is 1. The van der Waals surface area contributed by atoms with Crippen molar-refractivity contribution < 1.29 is 4.74 Å². The van der Waals surface area contributed by atoms with Crippen LogP contribution in [-0.2, 0) is 0 Å². The highest BCUT2D eigenvalue weighted by molar-refractivity contribution is 5.44. The van der Waals surface area contributed by atoms with Crippen molar-refractivity contribution in [3.05, 3.63) is 79.6 Å². The molecule has 0 aliphatic carbocycles. The van der Waals surface area contributed by atoms with E-state index < -0.39 is 0 Å². The molecule has 0 atom stereocenters. The SMILES string of the molecule is c1cc(Oc2cccc(-n3ccnn3)c2)cc(-n2ccnc2)c1. The van der Waals surface area contributed by atoms with Gasteiger partial charge in [0, 0.05) is 24.5 Å². The normalized spacial score (nSPS) is 10.6. The van der Waals surface area contributed by atoms with Crippen LogP contribution in [0, 0.1) is 0 Å². The molecule has 112 valence electrons. The molecule has 0 unspecified atom stereocenters. The summed E-state index contributed by atoms with van der Waals surface area (Å²) in [6.45, 7) is 0. The Morgan fingerprint density at radius 2 is 1.61 bits per heavy atom. The fraction of sp³-hybridized carbons (Fsp3) is 0. The standard InChI is InChI=1S/C17H13N5O/c1-3-14(21-9-7-18-13-21)11-16(5-1)23-17-6-2-4-15(12-17)22-10-8-19-20-22/h1-13H. The number of nitrogens with zero attached hydrogens (tertiary/aromatic N) is 5. The molecule has 4 aromatic rings. The van der Waals surface area contributed by atoms with Crippen molar-refractivity contribution in [2.45, 2.75) is 0 Å². The lowest BCUT2D eigenvalue weighted by Gasteiger charge is -2.09. The Balaban J connectivity index is 1.61. The highest BCUT2D eigenvalue weighted by Crippen LogP contribution is 2.25. The average molecular weight is 303 g/mol. The molecule has 2 aromatic carbocycles. The van der Waals surface area contributed by atoms with Gasteiger partial charge in [-0.15, -0.1) is 5.10 Å². The third-order valence-electron chi connectivity index (χ3n) is 3.36. The first-order valence-electron chi connectivity index (χ1n) is 7.11. The lowest BCUT2D eigenvalue weighted by atomic mass is 10.3. The number of hydrogen-bond acceptors (Lipinski definition) is 4. The summed E-state index contributed by atoms with van der Waals surface area (Å²) in [5.41, 5.74) is 1.89. The molecule has 6 nitrogen and oxygen atoms in total. The maximum atomic E-state index is 5.96. The summed E-state index contributed by atoms with van der Waals surface area (Å²) in [4.78, 5) is 4.06. The first-order chi connectivity index (χ1) is 11.4. The van der Waals surface area contributed by atoms with Crippen molar-refractivity contribution in [2.24, 2.45) is 0 Å². The molecular formula is C17H13N5O. The zero-order valence-corrected chi connectivity index (χ0v) is 12.1. The second kappa shape index (κ2) is 5.76. The molecule has 0 saturated heterocycles. The molecule has 0 amide bonds. The molecule has 23 heavy (non-hydrogen) atoms. The van der Waals surface area contributed by atoms with Crippen LogP contribution in [0.15, 0.2) is 79.6 Å². The number of ether oxygens (including phenoxy) is 1. The monoisotopic (exact) mass is 303 g/mol. The Bertz CT molecular complexity index is 825. The third kappa shape index (κ3) is 2.82. The van der Waals surface area contributed by atoms with Crippen LogP contribution in [0.4, 0.5) is 0 Å². The van der Waals surface area contributed by atoms with E-state index in [1.807, 2.05) is 59.3 Å². The van der Waals surface area contributed by atoms with Crippen molar-refractivity contribution in [2.75, 3.05) is 0 Å². The smallest absolute Gasteiger partial charge is 0.129 e. The molecule has 0 spiro atoms. The van der Waals surface area contributed by atoms with Gasteiger partial charge in [-0.1, -0.05) is 17.3 Å². The predicted octanol–water partition coefficient (Wildman–Crippen LogP) is 3.25. The first kappa shape index (κ1) is 13.3. The molecule has 4 rings (SSSR count). The summed E-state index contributed by atoms with van der Waals surface area (Å²) >= 11 is 0. The Kier molecular flexibility index (Phi) is 3.32. The Labute approximate surface area is 132 Å². The summed E-state index contributed by atoms with van der Waals surface area (Å²) in [5.74, 6) is 1.49. The van der Waals surface area contributed by atoms with E-state index in [0.29, 0.717) is 0 Å². The molecule has 0 radical (unpaired) electrons.